The molecular formula is C29H25Cl2N3O4. The SMILES string of the molecule is C/C(=N/NC(=O)c1c(O)ccc2ccccc12)c1cccc(NC(=O)CCCOc2ccc(Cl)cc2Cl)c1. The topological polar surface area (TPSA) is 100 Å². The summed E-state index contributed by atoms with van der Waals surface area (Å²) in [7, 11) is 0. The number of hydrazone groups is 1. The summed E-state index contributed by atoms with van der Waals surface area (Å²) in [6.07, 6.45) is 0.755. The van der Waals surface area contributed by atoms with Crippen LogP contribution in [0.3, 0.4) is 0 Å². The fraction of sp³-hybridized carbons (Fsp3) is 0.138. The van der Waals surface area contributed by atoms with Crippen LogP contribution in [0.25, 0.3) is 10.8 Å². The number of nitrogens with one attached hydrogen (secondary N) is 2. The van der Waals surface area contributed by atoms with Crippen LogP contribution in [0.5, 0.6) is 11.5 Å². The molecule has 0 saturated carbocycles. The molecule has 4 aromatic carbocycles. The van der Waals surface area contributed by atoms with E-state index < -0.39 is 5.91 Å². The Bertz CT molecular complexity index is 1520. The largest absolute Gasteiger partial charge is 0.507 e. The third-order valence-electron chi connectivity index (χ3n) is 5.72. The minimum atomic E-state index is -0.523. The van der Waals surface area contributed by atoms with Gasteiger partial charge in [-0.3, -0.25) is 9.59 Å². The number of hydrogen-bond acceptors (Lipinski definition) is 5. The highest BCUT2D eigenvalue weighted by atomic mass is 35.5. The van der Waals surface area contributed by atoms with Crippen LogP contribution >= 0.6 is 23.2 Å². The number of rotatable bonds is 9. The molecule has 0 aliphatic carbocycles. The number of hydrogen-bond donors (Lipinski definition) is 3. The molecule has 0 saturated heterocycles. The van der Waals surface area contributed by atoms with Gasteiger partial charge in [-0.05, 0) is 66.1 Å². The van der Waals surface area contributed by atoms with Gasteiger partial charge in [0.15, 0.2) is 0 Å². The van der Waals surface area contributed by atoms with Crippen molar-refractivity contribution in [3.63, 3.8) is 0 Å². The molecule has 0 unspecified atom stereocenters. The molecular weight excluding hydrogens is 525 g/mol. The van der Waals surface area contributed by atoms with Gasteiger partial charge in [-0.2, -0.15) is 5.10 Å². The van der Waals surface area contributed by atoms with Crippen LogP contribution in [0.15, 0.2) is 84.0 Å². The summed E-state index contributed by atoms with van der Waals surface area (Å²) in [5, 5.41) is 19.7. The van der Waals surface area contributed by atoms with Crippen molar-refractivity contribution < 1.29 is 19.4 Å². The highest BCUT2D eigenvalue weighted by Crippen LogP contribution is 2.28. The van der Waals surface area contributed by atoms with Gasteiger partial charge in [0.1, 0.15) is 11.5 Å². The lowest BCUT2D eigenvalue weighted by atomic mass is 10.0. The minimum absolute atomic E-state index is 0.125. The zero-order chi connectivity index (χ0) is 27.1. The van der Waals surface area contributed by atoms with Crippen molar-refractivity contribution in [2.24, 2.45) is 5.10 Å². The maximum atomic E-state index is 12.8. The van der Waals surface area contributed by atoms with Crippen LogP contribution in [0.1, 0.15) is 35.7 Å². The van der Waals surface area contributed by atoms with Gasteiger partial charge in [0.25, 0.3) is 5.91 Å². The molecule has 38 heavy (non-hydrogen) atoms. The molecule has 0 heterocycles. The molecule has 194 valence electrons. The van der Waals surface area contributed by atoms with Crippen molar-refractivity contribution in [3.8, 4) is 11.5 Å². The molecule has 0 aromatic heterocycles. The van der Waals surface area contributed by atoms with Crippen LogP contribution in [-0.4, -0.2) is 29.2 Å². The molecule has 4 rings (SSSR count). The van der Waals surface area contributed by atoms with Crippen LogP contribution in [0.2, 0.25) is 10.0 Å². The molecule has 0 fully saturated rings. The normalized spacial score (nSPS) is 11.3. The number of carbonyl (C=O) groups excluding carboxylic acids is 2. The van der Waals surface area contributed by atoms with Crippen molar-refractivity contribution in [2.45, 2.75) is 19.8 Å². The van der Waals surface area contributed by atoms with Gasteiger partial charge in [-0.15, -0.1) is 0 Å². The maximum Gasteiger partial charge on any atom is 0.275 e. The minimum Gasteiger partial charge on any atom is -0.507 e. The summed E-state index contributed by atoms with van der Waals surface area (Å²) in [6, 6.07) is 22.6. The molecule has 0 aliphatic rings. The molecule has 2 amide bonds. The van der Waals surface area contributed by atoms with Crippen LogP contribution in [0.4, 0.5) is 5.69 Å². The first-order chi connectivity index (χ1) is 18.3. The van der Waals surface area contributed by atoms with Crippen molar-refractivity contribution in [1.82, 2.24) is 5.43 Å². The summed E-state index contributed by atoms with van der Waals surface area (Å²) in [5.74, 6) is -0.297. The Hall–Kier alpha value is -4.07. The number of halogens is 2. The fourth-order valence-corrected chi connectivity index (χ4v) is 4.27. The average molecular weight is 550 g/mol. The second-order valence-corrected chi connectivity index (χ2v) is 9.32. The molecule has 0 atom stereocenters. The number of carbonyl (C=O) groups is 2. The third kappa shape index (κ3) is 6.82. The Balaban J connectivity index is 1.33. The van der Waals surface area contributed by atoms with E-state index in [4.69, 9.17) is 27.9 Å². The van der Waals surface area contributed by atoms with Gasteiger partial charge in [0.2, 0.25) is 5.91 Å². The summed E-state index contributed by atoms with van der Waals surface area (Å²) >= 11 is 12.0. The number of nitrogens with zero attached hydrogens (tertiary/aromatic N) is 1. The average Bonchev–Trinajstić information content (AvgIpc) is 2.90. The molecule has 0 spiro atoms. The predicted molar refractivity (Wildman–Crippen MR) is 152 cm³/mol. The standard InChI is InChI=1S/C29H25Cl2N3O4/c1-18(33-34-29(37)28-23-9-3-2-6-19(23)11-13-25(28)35)20-7-4-8-22(16-20)32-27(36)10-5-15-38-26-14-12-21(30)17-24(26)31/h2-4,6-9,11-14,16-17,35H,5,10,15H2,1H3,(H,32,36)(H,34,37)/b33-18-. The van der Waals surface area contributed by atoms with E-state index in [1.807, 2.05) is 18.2 Å². The van der Waals surface area contributed by atoms with Crippen LogP contribution in [0, 0.1) is 0 Å². The first kappa shape index (κ1) is 27.0. The number of phenols is 1. The van der Waals surface area contributed by atoms with E-state index >= 15 is 0 Å². The summed E-state index contributed by atoms with van der Waals surface area (Å²) < 4.78 is 5.62. The van der Waals surface area contributed by atoms with Gasteiger partial charge in [0, 0.05) is 17.1 Å². The number of phenolic OH excluding ortho intramolecular Hbond substituents is 1. The number of fused-ring (bicyclic) bond motifs is 1. The zero-order valence-electron chi connectivity index (χ0n) is 20.5. The maximum absolute atomic E-state index is 12.8. The lowest BCUT2D eigenvalue weighted by Gasteiger charge is -2.10. The quantitative estimate of drug-likeness (QED) is 0.121. The molecule has 4 aromatic rings. The summed E-state index contributed by atoms with van der Waals surface area (Å²) in [6.45, 7) is 2.07. The second kappa shape index (κ2) is 12.4. The molecule has 0 bridgehead atoms. The van der Waals surface area contributed by atoms with Gasteiger partial charge in [0.05, 0.1) is 22.9 Å². The highest BCUT2D eigenvalue weighted by Gasteiger charge is 2.15. The number of aromatic hydroxyl groups is 1. The predicted octanol–water partition coefficient (Wildman–Crippen LogP) is 6.80. The van der Waals surface area contributed by atoms with Gasteiger partial charge in [-0.25, -0.2) is 5.43 Å². The van der Waals surface area contributed by atoms with E-state index in [9.17, 15) is 14.7 Å². The zero-order valence-corrected chi connectivity index (χ0v) is 22.0. The Morgan fingerprint density at radius 2 is 1.79 bits per heavy atom. The smallest absolute Gasteiger partial charge is 0.275 e. The molecule has 0 radical (unpaired) electrons. The molecule has 3 N–H and O–H groups in total. The summed E-state index contributed by atoms with van der Waals surface area (Å²) in [4.78, 5) is 25.2. The Labute approximate surface area is 230 Å². The van der Waals surface area contributed by atoms with Gasteiger partial charge >= 0.3 is 0 Å². The van der Waals surface area contributed by atoms with Crippen molar-refractivity contribution >= 4 is 57.2 Å². The lowest BCUT2D eigenvalue weighted by molar-refractivity contribution is -0.116. The van der Waals surface area contributed by atoms with Crippen molar-refractivity contribution in [3.05, 3.63) is 100 Å². The fourth-order valence-electron chi connectivity index (χ4n) is 3.81. The molecule has 7 nitrogen and oxygen atoms in total. The molecule has 9 heteroatoms. The van der Waals surface area contributed by atoms with E-state index in [0.717, 1.165) is 5.39 Å². The first-order valence-electron chi connectivity index (χ1n) is 11.9. The van der Waals surface area contributed by atoms with E-state index in [-0.39, 0.29) is 23.6 Å². The van der Waals surface area contributed by atoms with Gasteiger partial charge in [-0.1, -0.05) is 65.7 Å². The second-order valence-electron chi connectivity index (χ2n) is 8.47. The third-order valence-corrected chi connectivity index (χ3v) is 6.25. The van der Waals surface area contributed by atoms with E-state index in [2.05, 4.69) is 15.8 Å². The van der Waals surface area contributed by atoms with E-state index in [1.165, 1.54) is 6.07 Å². The number of benzene rings is 4. The Morgan fingerprint density at radius 3 is 2.61 bits per heavy atom. The number of ether oxygens (including phenoxy) is 1. The van der Waals surface area contributed by atoms with Crippen molar-refractivity contribution in [1.29, 1.82) is 0 Å². The first-order valence-corrected chi connectivity index (χ1v) is 12.6. The van der Waals surface area contributed by atoms with Gasteiger partial charge < -0.3 is 15.2 Å². The Kier molecular flexibility index (Phi) is 8.84. The molecule has 0 aliphatic heterocycles. The summed E-state index contributed by atoms with van der Waals surface area (Å²) in [5.41, 5.74) is 4.51. The van der Waals surface area contributed by atoms with E-state index in [1.54, 1.807) is 61.5 Å². The van der Waals surface area contributed by atoms with E-state index in [0.29, 0.717) is 51.2 Å². The lowest BCUT2D eigenvalue weighted by Crippen LogP contribution is -2.20. The van der Waals surface area contributed by atoms with Crippen molar-refractivity contribution in [2.75, 3.05) is 11.9 Å². The van der Waals surface area contributed by atoms with Crippen LogP contribution in [-0.2, 0) is 4.79 Å². The monoisotopic (exact) mass is 549 g/mol. The number of anilines is 1. The Morgan fingerprint density at radius 1 is 0.974 bits per heavy atom. The highest BCUT2D eigenvalue weighted by molar-refractivity contribution is 6.35. The number of amides is 2. The van der Waals surface area contributed by atoms with Crippen LogP contribution < -0.4 is 15.5 Å².